The van der Waals surface area contributed by atoms with Gasteiger partial charge in [0.15, 0.2) is 0 Å². The molecule has 0 spiro atoms. The molecule has 1 aromatic carbocycles. The number of pyridine rings is 1. The first-order chi connectivity index (χ1) is 9.54. The molecule has 0 aliphatic rings. The van der Waals surface area contributed by atoms with E-state index in [2.05, 4.69) is 64.3 Å². The molecule has 0 fully saturated rings. The maximum absolute atomic E-state index is 4.49. The largest absolute Gasteiger partial charge is 0.366 e. The molecule has 0 bridgehead atoms. The van der Waals surface area contributed by atoms with Crippen LogP contribution in [0.4, 0.5) is 5.82 Å². The average Bonchev–Trinajstić information content (AvgIpc) is 2.41. The summed E-state index contributed by atoms with van der Waals surface area (Å²) in [6.07, 6.45) is 1.14. The molecule has 0 radical (unpaired) electrons. The van der Waals surface area contributed by atoms with Crippen LogP contribution >= 0.6 is 15.9 Å². The van der Waals surface area contributed by atoms with Crippen LogP contribution in [0, 0.1) is 12.8 Å². The summed E-state index contributed by atoms with van der Waals surface area (Å²) < 4.78 is 1.04. The Labute approximate surface area is 129 Å². The van der Waals surface area contributed by atoms with Gasteiger partial charge < -0.3 is 5.32 Å². The Hall–Kier alpha value is -1.35. The normalized spacial score (nSPS) is 10.8. The van der Waals surface area contributed by atoms with E-state index >= 15 is 0 Å². The Morgan fingerprint density at radius 1 is 1.05 bits per heavy atom. The van der Waals surface area contributed by atoms with E-state index in [0.717, 1.165) is 29.0 Å². The standard InChI is InChI=1S/C17H21BrN2/c1-12(2)10-14-4-6-15(7-5-14)11-19-17-9-8-16(18)13(3)20-17/h4-9,12H,10-11H2,1-3H3,(H,19,20). The quantitative estimate of drug-likeness (QED) is 0.836. The van der Waals surface area contributed by atoms with E-state index in [9.17, 15) is 0 Å². The Kier molecular flexibility index (Phi) is 5.18. The van der Waals surface area contributed by atoms with E-state index in [0.29, 0.717) is 5.92 Å². The van der Waals surface area contributed by atoms with Crippen LogP contribution in [-0.4, -0.2) is 4.98 Å². The second kappa shape index (κ2) is 6.89. The van der Waals surface area contributed by atoms with Gasteiger partial charge in [-0.15, -0.1) is 0 Å². The van der Waals surface area contributed by atoms with E-state index in [1.165, 1.54) is 11.1 Å². The Balaban J connectivity index is 1.95. The van der Waals surface area contributed by atoms with Gasteiger partial charge in [-0.3, -0.25) is 0 Å². The van der Waals surface area contributed by atoms with Gasteiger partial charge in [-0.2, -0.15) is 0 Å². The fourth-order valence-corrected chi connectivity index (χ4v) is 2.32. The van der Waals surface area contributed by atoms with Gasteiger partial charge in [-0.05, 0) is 58.5 Å². The number of aromatic nitrogens is 1. The first kappa shape index (κ1) is 15.0. The number of hydrogen-bond acceptors (Lipinski definition) is 2. The van der Waals surface area contributed by atoms with Crippen LogP contribution in [0.3, 0.4) is 0 Å². The minimum atomic E-state index is 0.703. The van der Waals surface area contributed by atoms with E-state index in [-0.39, 0.29) is 0 Å². The van der Waals surface area contributed by atoms with Crippen LogP contribution in [0.25, 0.3) is 0 Å². The number of benzene rings is 1. The summed E-state index contributed by atoms with van der Waals surface area (Å²) in [6.45, 7) is 7.29. The molecule has 0 aliphatic carbocycles. The summed E-state index contributed by atoms with van der Waals surface area (Å²) in [5.41, 5.74) is 3.68. The van der Waals surface area contributed by atoms with Gasteiger partial charge in [0, 0.05) is 11.0 Å². The molecular formula is C17H21BrN2. The molecule has 1 heterocycles. The summed E-state index contributed by atoms with van der Waals surface area (Å²) in [6, 6.07) is 12.8. The van der Waals surface area contributed by atoms with Crippen molar-refractivity contribution in [1.29, 1.82) is 0 Å². The highest BCUT2D eigenvalue weighted by Gasteiger charge is 2.01. The number of aryl methyl sites for hydroxylation is 1. The lowest BCUT2D eigenvalue weighted by Crippen LogP contribution is -2.02. The molecular weight excluding hydrogens is 312 g/mol. The van der Waals surface area contributed by atoms with Crippen LogP contribution in [0.5, 0.6) is 0 Å². The number of nitrogens with one attached hydrogen (secondary N) is 1. The lowest BCUT2D eigenvalue weighted by atomic mass is 10.0. The summed E-state index contributed by atoms with van der Waals surface area (Å²) in [5.74, 6) is 1.62. The number of hydrogen-bond donors (Lipinski definition) is 1. The Morgan fingerprint density at radius 2 is 1.70 bits per heavy atom. The number of rotatable bonds is 5. The van der Waals surface area contributed by atoms with Gasteiger partial charge in [0.1, 0.15) is 5.82 Å². The van der Waals surface area contributed by atoms with Crippen molar-refractivity contribution in [2.75, 3.05) is 5.32 Å². The molecule has 106 valence electrons. The minimum Gasteiger partial charge on any atom is -0.366 e. The number of nitrogens with zero attached hydrogens (tertiary/aromatic N) is 1. The van der Waals surface area contributed by atoms with Crippen LogP contribution in [-0.2, 0) is 13.0 Å². The Morgan fingerprint density at radius 3 is 2.30 bits per heavy atom. The molecule has 0 aliphatic heterocycles. The first-order valence-corrected chi connectivity index (χ1v) is 7.78. The summed E-state index contributed by atoms with van der Waals surface area (Å²) in [7, 11) is 0. The second-order valence-corrected chi connectivity index (χ2v) is 6.39. The third-order valence-electron chi connectivity index (χ3n) is 3.16. The zero-order valence-electron chi connectivity index (χ0n) is 12.3. The minimum absolute atomic E-state index is 0.703. The van der Waals surface area contributed by atoms with Crippen molar-refractivity contribution in [2.45, 2.75) is 33.7 Å². The van der Waals surface area contributed by atoms with E-state index in [4.69, 9.17) is 0 Å². The Bertz CT molecular complexity index is 562. The smallest absolute Gasteiger partial charge is 0.126 e. The molecule has 0 saturated heterocycles. The summed E-state index contributed by atoms with van der Waals surface area (Å²) in [5, 5.41) is 3.36. The van der Waals surface area contributed by atoms with Crippen molar-refractivity contribution in [3.63, 3.8) is 0 Å². The lowest BCUT2D eigenvalue weighted by Gasteiger charge is -2.09. The molecule has 0 unspecified atom stereocenters. The molecule has 3 heteroatoms. The predicted octanol–water partition coefficient (Wildman–Crippen LogP) is 4.96. The van der Waals surface area contributed by atoms with Crippen molar-refractivity contribution < 1.29 is 0 Å². The second-order valence-electron chi connectivity index (χ2n) is 5.53. The highest BCUT2D eigenvalue weighted by Crippen LogP contribution is 2.17. The van der Waals surface area contributed by atoms with Crippen LogP contribution in [0.2, 0.25) is 0 Å². The van der Waals surface area contributed by atoms with Gasteiger partial charge in [-0.1, -0.05) is 38.1 Å². The molecule has 0 atom stereocenters. The predicted molar refractivity (Wildman–Crippen MR) is 89.0 cm³/mol. The van der Waals surface area contributed by atoms with Crippen LogP contribution < -0.4 is 5.32 Å². The summed E-state index contributed by atoms with van der Waals surface area (Å²) in [4.78, 5) is 4.49. The highest BCUT2D eigenvalue weighted by atomic mass is 79.9. The first-order valence-electron chi connectivity index (χ1n) is 6.99. The van der Waals surface area contributed by atoms with Gasteiger partial charge in [0.25, 0.3) is 0 Å². The molecule has 2 nitrogen and oxygen atoms in total. The van der Waals surface area contributed by atoms with Crippen molar-refractivity contribution >= 4 is 21.7 Å². The van der Waals surface area contributed by atoms with Crippen LogP contribution in [0.15, 0.2) is 40.9 Å². The van der Waals surface area contributed by atoms with Crippen molar-refractivity contribution in [3.05, 3.63) is 57.7 Å². The average molecular weight is 333 g/mol. The van der Waals surface area contributed by atoms with Crippen molar-refractivity contribution in [1.82, 2.24) is 4.98 Å². The SMILES string of the molecule is Cc1nc(NCc2ccc(CC(C)C)cc2)ccc1Br. The van der Waals surface area contributed by atoms with Gasteiger partial charge in [0.05, 0.1) is 5.69 Å². The highest BCUT2D eigenvalue weighted by molar-refractivity contribution is 9.10. The molecule has 0 saturated carbocycles. The monoisotopic (exact) mass is 332 g/mol. The molecule has 1 N–H and O–H groups in total. The molecule has 1 aromatic heterocycles. The molecule has 0 amide bonds. The fraction of sp³-hybridized carbons (Fsp3) is 0.353. The van der Waals surface area contributed by atoms with Crippen LogP contribution in [0.1, 0.15) is 30.7 Å². The number of anilines is 1. The van der Waals surface area contributed by atoms with Gasteiger partial charge in [0.2, 0.25) is 0 Å². The van der Waals surface area contributed by atoms with Gasteiger partial charge in [-0.25, -0.2) is 4.98 Å². The third kappa shape index (κ3) is 4.34. The van der Waals surface area contributed by atoms with Crippen molar-refractivity contribution in [2.24, 2.45) is 5.92 Å². The maximum atomic E-state index is 4.49. The topological polar surface area (TPSA) is 24.9 Å². The zero-order valence-corrected chi connectivity index (χ0v) is 13.9. The van der Waals surface area contributed by atoms with E-state index < -0.39 is 0 Å². The van der Waals surface area contributed by atoms with Crippen molar-refractivity contribution in [3.8, 4) is 0 Å². The van der Waals surface area contributed by atoms with E-state index in [1.807, 2.05) is 19.1 Å². The molecule has 2 aromatic rings. The molecule has 2 rings (SSSR count). The maximum Gasteiger partial charge on any atom is 0.126 e. The van der Waals surface area contributed by atoms with E-state index in [1.54, 1.807) is 0 Å². The zero-order chi connectivity index (χ0) is 14.5. The third-order valence-corrected chi connectivity index (χ3v) is 4.00. The molecule has 20 heavy (non-hydrogen) atoms. The number of halogens is 1. The fourth-order valence-electron chi connectivity index (χ4n) is 2.10. The van der Waals surface area contributed by atoms with Gasteiger partial charge >= 0.3 is 0 Å². The summed E-state index contributed by atoms with van der Waals surface area (Å²) >= 11 is 3.46. The lowest BCUT2D eigenvalue weighted by molar-refractivity contribution is 0.647.